The molecule has 20 heavy (non-hydrogen) atoms. The molecule has 0 saturated carbocycles. The summed E-state index contributed by atoms with van der Waals surface area (Å²) in [5.41, 5.74) is 0.464. The number of hydrogen-bond donors (Lipinski definition) is 1. The number of rotatable bonds is 8. The van der Waals surface area contributed by atoms with E-state index in [1.165, 1.54) is 24.3 Å². The van der Waals surface area contributed by atoms with Crippen LogP contribution in [-0.4, -0.2) is 52.8 Å². The molecule has 110 valence electrons. The Bertz CT molecular complexity index is 545. The van der Waals surface area contributed by atoms with Gasteiger partial charge in [0.1, 0.15) is 0 Å². The molecular formula is C14H21N3O2S. The summed E-state index contributed by atoms with van der Waals surface area (Å²) in [6, 6.07) is 7.99. The molecule has 0 fully saturated rings. The average Bonchev–Trinajstić information content (AvgIpc) is 2.42. The standard InChI is InChI=1S/C14H21N3O2S/c1-17(2)10-3-8-16-9-11-20(18,19)14-6-4-13(12-15)5-7-14/h4-7,16H,3,8-11H2,1-2H3. The van der Waals surface area contributed by atoms with E-state index in [0.29, 0.717) is 12.1 Å². The van der Waals surface area contributed by atoms with Crippen molar-refractivity contribution in [2.24, 2.45) is 0 Å². The van der Waals surface area contributed by atoms with Gasteiger partial charge in [-0.25, -0.2) is 8.42 Å². The second kappa shape index (κ2) is 8.00. The minimum atomic E-state index is -3.27. The molecule has 0 spiro atoms. The Morgan fingerprint density at radius 3 is 2.40 bits per heavy atom. The normalized spacial score (nSPS) is 11.5. The number of sulfone groups is 1. The van der Waals surface area contributed by atoms with Crippen LogP contribution in [0.2, 0.25) is 0 Å². The number of nitrogens with one attached hydrogen (secondary N) is 1. The quantitative estimate of drug-likeness (QED) is 0.721. The zero-order chi connectivity index (χ0) is 15.0. The van der Waals surface area contributed by atoms with Gasteiger partial charge in [-0.1, -0.05) is 0 Å². The van der Waals surface area contributed by atoms with Gasteiger partial charge >= 0.3 is 0 Å². The van der Waals surface area contributed by atoms with Gasteiger partial charge in [0.05, 0.1) is 22.3 Å². The van der Waals surface area contributed by atoms with Crippen LogP contribution in [0, 0.1) is 11.3 Å². The van der Waals surface area contributed by atoms with E-state index in [9.17, 15) is 8.42 Å². The van der Waals surface area contributed by atoms with Crippen LogP contribution in [0.1, 0.15) is 12.0 Å². The molecule has 0 bridgehead atoms. The van der Waals surface area contributed by atoms with Crippen LogP contribution in [0.3, 0.4) is 0 Å². The zero-order valence-electron chi connectivity index (χ0n) is 12.0. The molecule has 1 rings (SSSR count). The molecule has 0 amide bonds. The van der Waals surface area contributed by atoms with Crippen molar-refractivity contribution >= 4 is 9.84 Å². The minimum absolute atomic E-state index is 0.0703. The summed E-state index contributed by atoms with van der Waals surface area (Å²) >= 11 is 0. The van der Waals surface area contributed by atoms with Crippen LogP contribution >= 0.6 is 0 Å². The van der Waals surface area contributed by atoms with E-state index in [2.05, 4.69) is 10.2 Å². The van der Waals surface area contributed by atoms with Gasteiger partial charge in [-0.15, -0.1) is 0 Å². The van der Waals surface area contributed by atoms with E-state index in [-0.39, 0.29) is 10.6 Å². The molecule has 1 aromatic rings. The maximum atomic E-state index is 12.0. The SMILES string of the molecule is CN(C)CCCNCCS(=O)(=O)c1ccc(C#N)cc1. The monoisotopic (exact) mass is 295 g/mol. The van der Waals surface area contributed by atoms with Crippen molar-refractivity contribution < 1.29 is 8.42 Å². The summed E-state index contributed by atoms with van der Waals surface area (Å²) in [7, 11) is 0.747. The third-order valence-electron chi connectivity index (χ3n) is 2.85. The molecule has 0 unspecified atom stereocenters. The fourth-order valence-corrected chi connectivity index (χ4v) is 2.91. The second-order valence-corrected chi connectivity index (χ2v) is 6.97. The predicted octanol–water partition coefficient (Wildman–Crippen LogP) is 0.873. The third kappa shape index (κ3) is 5.70. The predicted molar refractivity (Wildman–Crippen MR) is 79.3 cm³/mol. The number of nitriles is 1. The van der Waals surface area contributed by atoms with Gasteiger partial charge < -0.3 is 10.2 Å². The summed E-state index contributed by atoms with van der Waals surface area (Å²) in [5, 5.41) is 11.8. The second-order valence-electron chi connectivity index (χ2n) is 4.86. The number of benzene rings is 1. The molecule has 0 aliphatic carbocycles. The van der Waals surface area contributed by atoms with Gasteiger partial charge in [-0.3, -0.25) is 0 Å². The molecule has 0 aromatic heterocycles. The summed E-state index contributed by atoms with van der Waals surface area (Å²) in [4.78, 5) is 2.36. The highest BCUT2D eigenvalue weighted by Crippen LogP contribution is 2.11. The lowest BCUT2D eigenvalue weighted by atomic mass is 10.2. The van der Waals surface area contributed by atoms with Crippen molar-refractivity contribution in [3.05, 3.63) is 29.8 Å². The molecule has 0 aliphatic rings. The van der Waals surface area contributed by atoms with Crippen LogP contribution in [0.4, 0.5) is 0 Å². The van der Waals surface area contributed by atoms with Crippen LogP contribution in [0.25, 0.3) is 0 Å². The largest absolute Gasteiger partial charge is 0.316 e. The minimum Gasteiger partial charge on any atom is -0.316 e. The van der Waals surface area contributed by atoms with Gasteiger partial charge in [0.25, 0.3) is 0 Å². The Labute approximate surface area is 121 Å². The van der Waals surface area contributed by atoms with Crippen LogP contribution < -0.4 is 5.32 Å². The lowest BCUT2D eigenvalue weighted by Crippen LogP contribution is -2.26. The first kappa shape index (κ1) is 16.6. The highest BCUT2D eigenvalue weighted by Gasteiger charge is 2.13. The Kier molecular flexibility index (Phi) is 6.65. The molecular weight excluding hydrogens is 274 g/mol. The number of hydrogen-bond acceptors (Lipinski definition) is 5. The summed E-state index contributed by atoms with van der Waals surface area (Å²) in [6.07, 6.45) is 0.990. The Morgan fingerprint density at radius 1 is 1.20 bits per heavy atom. The van der Waals surface area contributed by atoms with Crippen LogP contribution in [-0.2, 0) is 9.84 Å². The highest BCUT2D eigenvalue weighted by molar-refractivity contribution is 7.91. The molecule has 0 saturated heterocycles. The molecule has 5 nitrogen and oxygen atoms in total. The molecule has 1 aromatic carbocycles. The molecule has 0 heterocycles. The van der Waals surface area contributed by atoms with E-state index in [1.807, 2.05) is 20.2 Å². The average molecular weight is 295 g/mol. The van der Waals surface area contributed by atoms with Crippen molar-refractivity contribution in [3.8, 4) is 6.07 Å². The maximum absolute atomic E-state index is 12.0. The first-order chi connectivity index (χ1) is 9.45. The zero-order valence-corrected chi connectivity index (χ0v) is 12.8. The molecule has 1 N–H and O–H groups in total. The van der Waals surface area contributed by atoms with Gasteiger partial charge in [-0.2, -0.15) is 5.26 Å². The topological polar surface area (TPSA) is 73.2 Å². The van der Waals surface area contributed by atoms with Crippen molar-refractivity contribution in [2.45, 2.75) is 11.3 Å². The molecule has 0 atom stereocenters. The number of nitrogens with zero attached hydrogens (tertiary/aromatic N) is 2. The van der Waals surface area contributed by atoms with Crippen LogP contribution in [0.15, 0.2) is 29.2 Å². The summed E-state index contributed by atoms with van der Waals surface area (Å²) in [5.74, 6) is 0.0703. The Morgan fingerprint density at radius 2 is 1.85 bits per heavy atom. The first-order valence-corrected chi connectivity index (χ1v) is 8.19. The third-order valence-corrected chi connectivity index (χ3v) is 4.58. The van der Waals surface area contributed by atoms with Crippen molar-refractivity contribution in [2.75, 3.05) is 39.5 Å². The van der Waals surface area contributed by atoms with Crippen molar-refractivity contribution in [1.29, 1.82) is 5.26 Å². The van der Waals surface area contributed by atoms with Crippen molar-refractivity contribution in [3.63, 3.8) is 0 Å². The van der Waals surface area contributed by atoms with E-state index < -0.39 is 9.84 Å². The van der Waals surface area contributed by atoms with Gasteiger partial charge in [0.2, 0.25) is 0 Å². The lowest BCUT2D eigenvalue weighted by Gasteiger charge is -2.10. The van der Waals surface area contributed by atoms with E-state index in [0.717, 1.165) is 19.5 Å². The van der Waals surface area contributed by atoms with Gasteiger partial charge in [-0.05, 0) is 57.9 Å². The van der Waals surface area contributed by atoms with E-state index in [1.54, 1.807) is 0 Å². The summed E-state index contributed by atoms with van der Waals surface area (Å²) in [6.45, 7) is 2.23. The fourth-order valence-electron chi connectivity index (χ4n) is 1.71. The smallest absolute Gasteiger partial charge is 0.179 e. The Hall–Kier alpha value is -1.42. The molecule has 0 aliphatic heterocycles. The van der Waals surface area contributed by atoms with Crippen LogP contribution in [0.5, 0.6) is 0 Å². The first-order valence-electron chi connectivity index (χ1n) is 6.54. The maximum Gasteiger partial charge on any atom is 0.179 e. The van der Waals surface area contributed by atoms with E-state index >= 15 is 0 Å². The van der Waals surface area contributed by atoms with Gasteiger partial charge in [0.15, 0.2) is 9.84 Å². The molecule has 0 radical (unpaired) electrons. The van der Waals surface area contributed by atoms with Gasteiger partial charge in [0, 0.05) is 6.54 Å². The van der Waals surface area contributed by atoms with Crippen molar-refractivity contribution in [1.82, 2.24) is 10.2 Å². The Balaban J connectivity index is 2.40. The summed E-state index contributed by atoms with van der Waals surface area (Å²) < 4.78 is 24.1. The fraction of sp³-hybridized carbons (Fsp3) is 0.500. The molecule has 6 heteroatoms. The highest BCUT2D eigenvalue weighted by atomic mass is 32.2. The lowest BCUT2D eigenvalue weighted by molar-refractivity contribution is 0.395. The van der Waals surface area contributed by atoms with E-state index in [4.69, 9.17) is 5.26 Å².